The van der Waals surface area contributed by atoms with Gasteiger partial charge in [0.15, 0.2) is 0 Å². The molecule has 1 N–H and O–H groups in total. The van der Waals surface area contributed by atoms with Gasteiger partial charge in [0.25, 0.3) is 5.91 Å². The number of thiophene rings is 1. The van der Waals surface area contributed by atoms with E-state index in [9.17, 15) is 9.59 Å². The summed E-state index contributed by atoms with van der Waals surface area (Å²) in [6.07, 6.45) is 0.698. The molecule has 6 heteroatoms. The van der Waals surface area contributed by atoms with Gasteiger partial charge in [-0.15, -0.1) is 11.3 Å². The van der Waals surface area contributed by atoms with E-state index in [1.807, 2.05) is 77.5 Å². The molecule has 1 atom stereocenters. The molecule has 0 radical (unpaired) electrons. The summed E-state index contributed by atoms with van der Waals surface area (Å²) in [6.45, 7) is 3.24. The Morgan fingerprint density at radius 3 is 2.44 bits per heavy atom. The number of nitrogens with one attached hydrogen (secondary N) is 1. The second-order valence-corrected chi connectivity index (χ2v) is 9.33. The number of amides is 2. The second-order valence-electron chi connectivity index (χ2n) is 8.43. The Morgan fingerprint density at radius 1 is 1.03 bits per heavy atom. The lowest BCUT2D eigenvalue weighted by Gasteiger charge is -2.44. The molecule has 2 aromatic carbocycles. The van der Waals surface area contributed by atoms with Crippen LogP contribution in [0.2, 0.25) is 0 Å². The number of carbonyl (C=O) groups excluding carboxylic acids is 2. The van der Waals surface area contributed by atoms with Gasteiger partial charge in [-0.3, -0.25) is 9.59 Å². The summed E-state index contributed by atoms with van der Waals surface area (Å²) < 4.78 is 2.02. The van der Waals surface area contributed by atoms with E-state index < -0.39 is 5.54 Å². The van der Waals surface area contributed by atoms with E-state index in [1.54, 1.807) is 16.2 Å². The van der Waals surface area contributed by atoms with Gasteiger partial charge in [-0.1, -0.05) is 60.7 Å². The molecular formula is C26H25N3O2S. The highest BCUT2D eigenvalue weighted by molar-refractivity contribution is 7.16. The average Bonchev–Trinajstić information content (AvgIpc) is 3.41. The zero-order valence-electron chi connectivity index (χ0n) is 18.0. The minimum Gasteiger partial charge on any atom is -0.350 e. The van der Waals surface area contributed by atoms with Crippen LogP contribution >= 0.6 is 11.3 Å². The number of rotatable bonds is 6. The van der Waals surface area contributed by atoms with Crippen molar-refractivity contribution in [1.82, 2.24) is 14.8 Å². The Hall–Kier alpha value is -3.38. The molecule has 0 spiro atoms. The van der Waals surface area contributed by atoms with Crippen molar-refractivity contribution in [3.63, 3.8) is 0 Å². The summed E-state index contributed by atoms with van der Waals surface area (Å²) in [5, 5.41) is 6.16. The SMILES string of the molecule is C[C@]1(C(=O)NCc2ccccc2)Cn2c(cc3ccsc32)C(=O)N1CCc1ccccc1. The van der Waals surface area contributed by atoms with Gasteiger partial charge in [0, 0.05) is 18.5 Å². The Bertz CT molecular complexity index is 1260. The summed E-state index contributed by atoms with van der Waals surface area (Å²) >= 11 is 1.61. The quantitative estimate of drug-likeness (QED) is 0.478. The molecule has 1 aliphatic heterocycles. The molecular weight excluding hydrogens is 418 g/mol. The van der Waals surface area contributed by atoms with E-state index in [-0.39, 0.29) is 11.8 Å². The minimum atomic E-state index is -0.983. The highest BCUT2D eigenvalue weighted by Gasteiger charge is 2.47. The van der Waals surface area contributed by atoms with Crippen LogP contribution in [0, 0.1) is 0 Å². The van der Waals surface area contributed by atoms with Crippen molar-refractivity contribution in [2.45, 2.75) is 32.0 Å². The van der Waals surface area contributed by atoms with E-state index in [0.717, 1.165) is 21.3 Å². The minimum absolute atomic E-state index is 0.0899. The molecule has 162 valence electrons. The van der Waals surface area contributed by atoms with Gasteiger partial charge in [-0.25, -0.2) is 0 Å². The summed E-state index contributed by atoms with van der Waals surface area (Å²) in [4.78, 5) is 30.0. The lowest BCUT2D eigenvalue weighted by Crippen LogP contribution is -2.64. The van der Waals surface area contributed by atoms with E-state index in [4.69, 9.17) is 0 Å². The largest absolute Gasteiger partial charge is 0.350 e. The fourth-order valence-electron chi connectivity index (χ4n) is 4.46. The maximum atomic E-state index is 13.6. The molecule has 0 saturated heterocycles. The molecule has 5 nitrogen and oxygen atoms in total. The molecule has 0 saturated carbocycles. The van der Waals surface area contributed by atoms with Gasteiger partial charge in [-0.05, 0) is 42.0 Å². The zero-order valence-corrected chi connectivity index (χ0v) is 18.8. The Balaban J connectivity index is 1.46. The van der Waals surface area contributed by atoms with Crippen LogP contribution < -0.4 is 5.32 Å². The fourth-order valence-corrected chi connectivity index (χ4v) is 5.36. The molecule has 32 heavy (non-hydrogen) atoms. The van der Waals surface area contributed by atoms with Crippen molar-refractivity contribution < 1.29 is 9.59 Å². The number of carbonyl (C=O) groups is 2. The van der Waals surface area contributed by atoms with Crippen LogP contribution in [0.1, 0.15) is 28.5 Å². The van der Waals surface area contributed by atoms with Crippen LogP contribution in [0.3, 0.4) is 0 Å². The number of aromatic nitrogens is 1. The Labute approximate surface area is 191 Å². The molecule has 0 aliphatic carbocycles. The molecule has 3 heterocycles. The van der Waals surface area contributed by atoms with Crippen LogP contribution in [-0.2, 0) is 24.3 Å². The average molecular weight is 444 g/mol. The summed E-state index contributed by atoms with van der Waals surface area (Å²) in [5.41, 5.74) is 1.86. The van der Waals surface area contributed by atoms with Crippen LogP contribution in [0.4, 0.5) is 0 Å². The number of hydrogen-bond donors (Lipinski definition) is 1. The van der Waals surface area contributed by atoms with Crippen molar-refractivity contribution in [2.24, 2.45) is 0 Å². The van der Waals surface area contributed by atoms with Crippen molar-refractivity contribution >= 4 is 33.4 Å². The van der Waals surface area contributed by atoms with Gasteiger partial charge >= 0.3 is 0 Å². The second kappa shape index (κ2) is 8.28. The van der Waals surface area contributed by atoms with Gasteiger partial charge in [-0.2, -0.15) is 0 Å². The summed E-state index contributed by atoms with van der Waals surface area (Å²) in [5.74, 6) is -0.222. The monoisotopic (exact) mass is 443 g/mol. The van der Waals surface area contributed by atoms with E-state index in [1.165, 1.54) is 0 Å². The predicted molar refractivity (Wildman–Crippen MR) is 128 cm³/mol. The first kappa shape index (κ1) is 20.5. The smallest absolute Gasteiger partial charge is 0.271 e. The van der Waals surface area contributed by atoms with E-state index in [2.05, 4.69) is 17.4 Å². The Kier molecular flexibility index (Phi) is 5.31. The molecule has 0 bridgehead atoms. The first-order chi connectivity index (χ1) is 15.6. The maximum absolute atomic E-state index is 13.6. The van der Waals surface area contributed by atoms with Crippen LogP contribution in [0.25, 0.3) is 10.2 Å². The normalized spacial score (nSPS) is 18.0. The zero-order chi connectivity index (χ0) is 22.1. The van der Waals surface area contributed by atoms with Crippen LogP contribution in [-0.4, -0.2) is 33.4 Å². The van der Waals surface area contributed by atoms with Crippen molar-refractivity contribution in [2.75, 3.05) is 6.54 Å². The van der Waals surface area contributed by atoms with Gasteiger partial charge in [0.2, 0.25) is 5.91 Å². The van der Waals surface area contributed by atoms with Crippen molar-refractivity contribution in [3.05, 3.63) is 95.0 Å². The van der Waals surface area contributed by atoms with E-state index in [0.29, 0.717) is 31.7 Å². The molecule has 2 amide bonds. The molecule has 2 aromatic heterocycles. The topological polar surface area (TPSA) is 54.3 Å². The maximum Gasteiger partial charge on any atom is 0.271 e. The van der Waals surface area contributed by atoms with Gasteiger partial charge in [0.1, 0.15) is 16.1 Å². The number of hydrogen-bond acceptors (Lipinski definition) is 3. The highest BCUT2D eigenvalue weighted by Crippen LogP contribution is 2.34. The van der Waals surface area contributed by atoms with E-state index >= 15 is 0 Å². The van der Waals surface area contributed by atoms with Crippen molar-refractivity contribution in [1.29, 1.82) is 0 Å². The number of fused-ring (bicyclic) bond motifs is 3. The molecule has 0 fully saturated rings. The third kappa shape index (κ3) is 3.60. The standard InChI is InChI=1S/C26H25N3O2S/c1-26(25(31)27-17-20-10-6-3-7-11-20)18-28-22(16-21-13-15-32-24(21)28)23(30)29(26)14-12-19-8-4-2-5-9-19/h2-11,13,15-16H,12,14,17-18H2,1H3,(H,27,31)/t26-/m1/s1. The lowest BCUT2D eigenvalue weighted by atomic mass is 9.94. The first-order valence-corrected chi connectivity index (χ1v) is 11.7. The highest BCUT2D eigenvalue weighted by atomic mass is 32.1. The summed E-state index contributed by atoms with van der Waals surface area (Å²) in [6, 6.07) is 23.9. The fraction of sp³-hybridized carbons (Fsp3) is 0.231. The predicted octanol–water partition coefficient (Wildman–Crippen LogP) is 4.48. The lowest BCUT2D eigenvalue weighted by molar-refractivity contribution is -0.133. The van der Waals surface area contributed by atoms with Gasteiger partial charge < -0.3 is 14.8 Å². The molecule has 1 aliphatic rings. The molecule has 5 rings (SSSR count). The third-order valence-corrected chi connectivity index (χ3v) is 7.23. The molecule has 0 unspecified atom stereocenters. The van der Waals surface area contributed by atoms with Gasteiger partial charge in [0.05, 0.1) is 6.54 Å². The van der Waals surface area contributed by atoms with Crippen LogP contribution in [0.5, 0.6) is 0 Å². The molecule has 4 aromatic rings. The number of benzene rings is 2. The number of nitrogens with zero attached hydrogens (tertiary/aromatic N) is 2. The van der Waals surface area contributed by atoms with Crippen LogP contribution in [0.15, 0.2) is 78.2 Å². The third-order valence-electron chi connectivity index (χ3n) is 6.28. The summed E-state index contributed by atoms with van der Waals surface area (Å²) in [7, 11) is 0. The van der Waals surface area contributed by atoms with Crippen molar-refractivity contribution in [3.8, 4) is 0 Å². The first-order valence-electron chi connectivity index (χ1n) is 10.8. The Morgan fingerprint density at radius 2 is 1.72 bits per heavy atom.